The highest BCUT2D eigenvalue weighted by Crippen LogP contribution is 2.37. The molecule has 202 valence electrons. The number of ether oxygens (including phenoxy) is 4. The Hall–Kier alpha value is -2.61. The summed E-state index contributed by atoms with van der Waals surface area (Å²) < 4.78 is 23.3. The van der Waals surface area contributed by atoms with Gasteiger partial charge in [0.25, 0.3) is 5.91 Å². The van der Waals surface area contributed by atoms with Crippen molar-refractivity contribution in [2.75, 3.05) is 20.3 Å². The van der Waals surface area contributed by atoms with Gasteiger partial charge in [0.05, 0.1) is 37.6 Å². The minimum atomic E-state index is -1.37. The number of carbonyl (C=O) groups is 1. The zero-order chi connectivity index (χ0) is 26.5. The van der Waals surface area contributed by atoms with Crippen LogP contribution >= 0.6 is 0 Å². The highest BCUT2D eigenvalue weighted by Gasteiger charge is 2.44. The summed E-state index contributed by atoms with van der Waals surface area (Å²) >= 11 is 0. The van der Waals surface area contributed by atoms with Crippen LogP contribution in [0.3, 0.4) is 0 Å². The van der Waals surface area contributed by atoms with Crippen molar-refractivity contribution in [1.29, 1.82) is 0 Å². The number of carbonyl (C=O) groups excluding carboxylic acids is 1. The molecule has 2 saturated heterocycles. The predicted octanol–water partition coefficient (Wildman–Crippen LogP) is 0.236. The molecule has 2 heterocycles. The fraction of sp³-hybridized carbons (Fsp3) is 0.500. The Kier molecular flexibility index (Phi) is 9.11. The molecule has 0 aromatic heterocycles. The molecule has 6 N–H and O–H groups in total. The number of aliphatic hydroxyl groups is 5. The van der Waals surface area contributed by atoms with Crippen molar-refractivity contribution in [1.82, 2.24) is 5.32 Å². The number of aliphatic hydroxyl groups excluding tert-OH is 5. The monoisotopic (exact) mass is 519 g/mol. The van der Waals surface area contributed by atoms with E-state index in [1.807, 2.05) is 0 Å². The van der Waals surface area contributed by atoms with Gasteiger partial charge in [0.2, 0.25) is 0 Å². The maximum absolute atomic E-state index is 11.7. The summed E-state index contributed by atoms with van der Waals surface area (Å²) in [5.41, 5.74) is 1.06. The molecule has 2 aromatic carbocycles. The Labute approximate surface area is 214 Å². The van der Waals surface area contributed by atoms with Gasteiger partial charge < -0.3 is 49.8 Å². The van der Waals surface area contributed by atoms with Crippen molar-refractivity contribution in [2.24, 2.45) is 0 Å². The summed E-state index contributed by atoms with van der Waals surface area (Å²) in [6, 6.07) is 13.5. The van der Waals surface area contributed by atoms with Gasteiger partial charge in [-0.2, -0.15) is 0 Å². The Morgan fingerprint density at radius 1 is 0.946 bits per heavy atom. The van der Waals surface area contributed by atoms with Gasteiger partial charge in [0.1, 0.15) is 29.8 Å². The maximum atomic E-state index is 11.7. The topological polar surface area (TPSA) is 167 Å². The summed E-state index contributed by atoms with van der Waals surface area (Å²) in [5.74, 6) is 0.758. The van der Waals surface area contributed by atoms with Crippen LogP contribution in [-0.2, 0) is 14.2 Å². The molecule has 2 aromatic rings. The van der Waals surface area contributed by atoms with E-state index < -0.39 is 49.0 Å². The molecule has 0 bridgehead atoms. The molecule has 0 spiro atoms. The van der Waals surface area contributed by atoms with Crippen molar-refractivity contribution in [3.63, 3.8) is 0 Å². The minimum absolute atomic E-state index is 0.0526. The quantitative estimate of drug-likeness (QED) is 0.284. The molecule has 11 nitrogen and oxygen atoms in total. The van der Waals surface area contributed by atoms with Crippen LogP contribution in [0.1, 0.15) is 34.9 Å². The number of nitrogens with one attached hydrogen (secondary N) is 1. The first-order valence-corrected chi connectivity index (χ1v) is 12.1. The number of rotatable bonds is 8. The Bertz CT molecular complexity index is 1030. The zero-order valence-electron chi connectivity index (χ0n) is 20.3. The standard InChI is InChI=1S/C26H33NO10/c1-27-25(33)14-5-7-16(8-6-14)34-17-4-2-3-15(9-17)24-23(32)21(11-19(13-29)35-24)37-26-22(31)20(30)10-18(12-28)36-26/h2-9,18-24,26,28-32H,10-13H2,1H3,(H,27,33). The lowest BCUT2D eigenvalue weighted by Gasteiger charge is -2.43. The van der Waals surface area contributed by atoms with E-state index in [0.29, 0.717) is 22.6 Å². The van der Waals surface area contributed by atoms with Gasteiger partial charge in [-0.3, -0.25) is 4.79 Å². The van der Waals surface area contributed by atoms with Gasteiger partial charge >= 0.3 is 0 Å². The van der Waals surface area contributed by atoms with Gasteiger partial charge in [-0.1, -0.05) is 12.1 Å². The number of hydrogen-bond acceptors (Lipinski definition) is 10. The van der Waals surface area contributed by atoms with E-state index in [2.05, 4.69) is 5.32 Å². The molecular formula is C26H33NO10. The smallest absolute Gasteiger partial charge is 0.251 e. The molecule has 8 unspecified atom stereocenters. The molecule has 8 atom stereocenters. The first-order valence-electron chi connectivity index (χ1n) is 12.1. The van der Waals surface area contributed by atoms with Gasteiger partial charge in [-0.15, -0.1) is 0 Å². The number of amides is 1. The van der Waals surface area contributed by atoms with Gasteiger partial charge in [-0.25, -0.2) is 0 Å². The largest absolute Gasteiger partial charge is 0.457 e. The minimum Gasteiger partial charge on any atom is -0.457 e. The second-order valence-corrected chi connectivity index (χ2v) is 9.14. The molecule has 2 fully saturated rings. The molecule has 0 radical (unpaired) electrons. The Morgan fingerprint density at radius 2 is 1.65 bits per heavy atom. The Balaban J connectivity index is 1.49. The molecule has 11 heteroatoms. The van der Waals surface area contributed by atoms with E-state index in [1.54, 1.807) is 55.6 Å². The van der Waals surface area contributed by atoms with Crippen LogP contribution < -0.4 is 10.1 Å². The lowest BCUT2D eigenvalue weighted by molar-refractivity contribution is -0.309. The average Bonchev–Trinajstić information content (AvgIpc) is 2.92. The highest BCUT2D eigenvalue weighted by molar-refractivity contribution is 5.94. The summed E-state index contributed by atoms with van der Waals surface area (Å²) in [6.07, 6.45) is -8.00. The second-order valence-electron chi connectivity index (χ2n) is 9.14. The average molecular weight is 520 g/mol. The molecule has 2 aliphatic heterocycles. The van der Waals surface area contributed by atoms with Crippen LogP contribution in [0.2, 0.25) is 0 Å². The third-order valence-corrected chi connectivity index (χ3v) is 6.51. The first kappa shape index (κ1) is 27.4. The molecule has 37 heavy (non-hydrogen) atoms. The van der Waals surface area contributed by atoms with E-state index in [9.17, 15) is 30.3 Å². The third-order valence-electron chi connectivity index (χ3n) is 6.51. The fourth-order valence-electron chi connectivity index (χ4n) is 4.49. The van der Waals surface area contributed by atoms with E-state index in [4.69, 9.17) is 18.9 Å². The van der Waals surface area contributed by atoms with E-state index >= 15 is 0 Å². The third kappa shape index (κ3) is 6.46. The second kappa shape index (κ2) is 12.3. The van der Waals surface area contributed by atoms with Crippen molar-refractivity contribution >= 4 is 5.91 Å². The zero-order valence-corrected chi connectivity index (χ0v) is 20.3. The lowest BCUT2D eigenvalue weighted by atomic mass is 9.92. The fourth-order valence-corrected chi connectivity index (χ4v) is 4.49. The molecule has 0 saturated carbocycles. The summed E-state index contributed by atoms with van der Waals surface area (Å²) in [6.45, 7) is -0.684. The predicted molar refractivity (Wildman–Crippen MR) is 129 cm³/mol. The van der Waals surface area contributed by atoms with Gasteiger partial charge in [0, 0.05) is 25.5 Å². The van der Waals surface area contributed by atoms with Crippen LogP contribution in [0.4, 0.5) is 0 Å². The van der Waals surface area contributed by atoms with Crippen LogP contribution in [0, 0.1) is 0 Å². The van der Waals surface area contributed by atoms with Crippen LogP contribution in [-0.4, -0.2) is 94.6 Å². The van der Waals surface area contributed by atoms with Gasteiger partial charge in [-0.05, 0) is 42.0 Å². The van der Waals surface area contributed by atoms with Crippen LogP contribution in [0.25, 0.3) is 0 Å². The van der Waals surface area contributed by atoms with Crippen LogP contribution in [0.5, 0.6) is 11.5 Å². The normalized spacial score (nSPS) is 32.1. The van der Waals surface area contributed by atoms with Crippen molar-refractivity contribution in [2.45, 2.75) is 61.9 Å². The maximum Gasteiger partial charge on any atom is 0.251 e. The highest BCUT2D eigenvalue weighted by atomic mass is 16.7. The SMILES string of the molecule is CNC(=O)c1ccc(Oc2cccc(C3OC(CO)CC(OC4OC(CO)CC(O)C4O)C3O)c2)cc1. The number of hydrogen-bond donors (Lipinski definition) is 6. The van der Waals surface area contributed by atoms with Crippen LogP contribution in [0.15, 0.2) is 48.5 Å². The first-order chi connectivity index (χ1) is 17.8. The summed E-state index contributed by atoms with van der Waals surface area (Å²) in [4.78, 5) is 11.7. The van der Waals surface area contributed by atoms with E-state index in [1.165, 1.54) is 0 Å². The van der Waals surface area contributed by atoms with E-state index in [0.717, 1.165) is 0 Å². The van der Waals surface area contributed by atoms with E-state index in [-0.39, 0.29) is 32.0 Å². The molecule has 0 aliphatic carbocycles. The van der Waals surface area contributed by atoms with Crippen molar-refractivity contribution < 1.29 is 49.3 Å². The Morgan fingerprint density at radius 3 is 2.32 bits per heavy atom. The summed E-state index contributed by atoms with van der Waals surface area (Å²) in [5, 5.41) is 53.3. The molecular weight excluding hydrogens is 486 g/mol. The van der Waals surface area contributed by atoms with Crippen molar-refractivity contribution in [3.8, 4) is 11.5 Å². The number of benzene rings is 2. The van der Waals surface area contributed by atoms with Gasteiger partial charge in [0.15, 0.2) is 6.29 Å². The summed E-state index contributed by atoms with van der Waals surface area (Å²) in [7, 11) is 1.55. The molecule has 2 aliphatic rings. The lowest BCUT2D eigenvalue weighted by Crippen LogP contribution is -2.54. The molecule has 1 amide bonds. The molecule has 4 rings (SSSR count). The van der Waals surface area contributed by atoms with Crippen molar-refractivity contribution in [3.05, 3.63) is 59.7 Å².